The van der Waals surface area contributed by atoms with Gasteiger partial charge in [-0.25, -0.2) is 8.42 Å². The molecule has 0 amide bonds. The Morgan fingerprint density at radius 3 is 2.52 bits per heavy atom. The van der Waals surface area contributed by atoms with Crippen molar-refractivity contribution < 1.29 is 8.42 Å². The van der Waals surface area contributed by atoms with E-state index in [2.05, 4.69) is 15.5 Å². The van der Waals surface area contributed by atoms with Crippen LogP contribution in [0, 0.1) is 19.8 Å². The lowest BCUT2D eigenvalue weighted by molar-refractivity contribution is 0.358. The zero-order valence-electron chi connectivity index (χ0n) is 12.7. The molecule has 0 radical (unpaired) electrons. The molecule has 0 aromatic carbocycles. The van der Waals surface area contributed by atoms with Gasteiger partial charge in [0.25, 0.3) is 0 Å². The summed E-state index contributed by atoms with van der Waals surface area (Å²) in [5.74, 6) is 0.536. The van der Waals surface area contributed by atoms with Crippen molar-refractivity contribution in [3.8, 4) is 0 Å². The van der Waals surface area contributed by atoms with Crippen LogP contribution in [0.15, 0.2) is 4.90 Å². The van der Waals surface area contributed by atoms with Crippen LogP contribution >= 0.6 is 0 Å². The fraction of sp³-hybridized carbons (Fsp3) is 0.786. The topological polar surface area (TPSA) is 78.1 Å². The van der Waals surface area contributed by atoms with Crippen molar-refractivity contribution in [2.24, 2.45) is 5.92 Å². The summed E-state index contributed by atoms with van der Waals surface area (Å²) >= 11 is 0. The lowest BCUT2D eigenvalue weighted by atomic mass is 10.2. The predicted octanol–water partition coefficient (Wildman–Crippen LogP) is 1.18. The molecule has 21 heavy (non-hydrogen) atoms. The number of hydrogen-bond donors (Lipinski definition) is 2. The van der Waals surface area contributed by atoms with Gasteiger partial charge in [-0.1, -0.05) is 0 Å². The maximum Gasteiger partial charge on any atom is 0.246 e. The first-order valence-electron chi connectivity index (χ1n) is 7.73. The second kappa shape index (κ2) is 5.70. The van der Waals surface area contributed by atoms with Crippen LogP contribution in [0.5, 0.6) is 0 Å². The van der Waals surface area contributed by atoms with Gasteiger partial charge in [-0.15, -0.1) is 0 Å². The molecule has 1 aliphatic heterocycles. The van der Waals surface area contributed by atoms with Crippen molar-refractivity contribution in [2.75, 3.05) is 19.6 Å². The number of rotatable bonds is 6. The van der Waals surface area contributed by atoms with E-state index in [0.717, 1.165) is 32.2 Å². The summed E-state index contributed by atoms with van der Waals surface area (Å²) in [4.78, 5) is 0.362. The fourth-order valence-corrected chi connectivity index (χ4v) is 4.96. The molecule has 2 N–H and O–H groups in total. The predicted molar refractivity (Wildman–Crippen MR) is 80.6 cm³/mol. The van der Waals surface area contributed by atoms with Crippen molar-refractivity contribution >= 4 is 10.0 Å². The second-order valence-corrected chi connectivity index (χ2v) is 8.20. The van der Waals surface area contributed by atoms with Gasteiger partial charge in [0.2, 0.25) is 10.0 Å². The number of H-pyrrole nitrogens is 1. The van der Waals surface area contributed by atoms with Gasteiger partial charge in [0.15, 0.2) is 0 Å². The monoisotopic (exact) mass is 312 g/mol. The minimum absolute atomic E-state index is 0.283. The van der Waals surface area contributed by atoms with Crippen LogP contribution in [0.1, 0.15) is 37.1 Å². The normalized spacial score (nSPS) is 23.1. The Labute approximate surface area is 126 Å². The maximum absolute atomic E-state index is 13.0. The summed E-state index contributed by atoms with van der Waals surface area (Å²) in [6.07, 6.45) is 4.48. The van der Waals surface area contributed by atoms with E-state index in [4.69, 9.17) is 0 Å². The van der Waals surface area contributed by atoms with Gasteiger partial charge in [-0.05, 0) is 52.0 Å². The number of nitrogens with zero attached hydrogens (tertiary/aromatic N) is 2. The highest BCUT2D eigenvalue weighted by atomic mass is 32.2. The van der Waals surface area contributed by atoms with Crippen LogP contribution in [0.3, 0.4) is 0 Å². The maximum atomic E-state index is 13.0. The van der Waals surface area contributed by atoms with Crippen LogP contribution in [0.2, 0.25) is 0 Å². The van der Waals surface area contributed by atoms with Crippen molar-refractivity contribution in [2.45, 2.75) is 50.5 Å². The minimum atomic E-state index is -3.46. The number of sulfonamides is 1. The molecule has 1 saturated heterocycles. The lowest BCUT2D eigenvalue weighted by Crippen LogP contribution is -2.42. The molecule has 0 spiro atoms. The van der Waals surface area contributed by atoms with Gasteiger partial charge in [-0.2, -0.15) is 9.40 Å². The summed E-state index contributed by atoms with van der Waals surface area (Å²) in [6, 6.07) is 0.283. The van der Waals surface area contributed by atoms with Crippen LogP contribution in [-0.4, -0.2) is 48.6 Å². The Hall–Kier alpha value is -0.920. The summed E-state index contributed by atoms with van der Waals surface area (Å²) in [6.45, 7) is 5.73. The molecule has 6 nitrogen and oxygen atoms in total. The average Bonchev–Trinajstić information content (AvgIpc) is 2.95. The molecule has 0 bridgehead atoms. The summed E-state index contributed by atoms with van der Waals surface area (Å²) in [7, 11) is -3.46. The molecule has 1 saturated carbocycles. The van der Waals surface area contributed by atoms with Crippen molar-refractivity contribution in [3.63, 3.8) is 0 Å². The van der Waals surface area contributed by atoms with E-state index in [1.165, 1.54) is 0 Å². The smallest absolute Gasteiger partial charge is 0.246 e. The number of hydrogen-bond acceptors (Lipinski definition) is 4. The molecule has 7 heteroatoms. The Morgan fingerprint density at radius 1 is 1.24 bits per heavy atom. The molecule has 3 rings (SSSR count). The highest BCUT2D eigenvalue weighted by Gasteiger charge is 2.35. The highest BCUT2D eigenvalue weighted by molar-refractivity contribution is 7.89. The standard InChI is InChI=1S/C14H24N4O2S/c1-10-14(11(2)17-16-10)21(19,20)18(8-12-5-6-12)9-13-4-3-7-15-13/h12-13,15H,3-9H2,1-2H3,(H,16,17). The molecule has 1 aliphatic carbocycles. The second-order valence-electron chi connectivity index (χ2n) is 6.32. The number of aromatic nitrogens is 2. The third-order valence-electron chi connectivity index (χ3n) is 4.40. The Balaban J connectivity index is 1.86. The number of aromatic amines is 1. The first kappa shape index (κ1) is 15.0. The molecule has 2 aliphatic rings. The van der Waals surface area contributed by atoms with Gasteiger partial charge < -0.3 is 5.32 Å². The van der Waals surface area contributed by atoms with E-state index < -0.39 is 10.0 Å². The van der Waals surface area contributed by atoms with Crippen molar-refractivity contribution in [3.05, 3.63) is 11.4 Å². The molecule has 1 aromatic heterocycles. The van der Waals surface area contributed by atoms with E-state index in [-0.39, 0.29) is 6.04 Å². The molecule has 2 fully saturated rings. The van der Waals surface area contributed by atoms with Gasteiger partial charge in [0.1, 0.15) is 4.90 Å². The quantitative estimate of drug-likeness (QED) is 0.827. The first-order valence-corrected chi connectivity index (χ1v) is 9.17. The van der Waals surface area contributed by atoms with Crippen molar-refractivity contribution in [1.29, 1.82) is 0 Å². The molecule has 118 valence electrons. The molecule has 1 atom stereocenters. The van der Waals surface area contributed by atoms with Gasteiger partial charge in [-0.3, -0.25) is 5.10 Å². The SMILES string of the molecule is Cc1n[nH]c(C)c1S(=O)(=O)N(CC1CC1)CC1CCCN1. The van der Waals surface area contributed by atoms with Crippen LogP contribution in [0.25, 0.3) is 0 Å². The van der Waals surface area contributed by atoms with E-state index in [1.807, 2.05) is 0 Å². The van der Waals surface area contributed by atoms with Crippen LogP contribution in [-0.2, 0) is 10.0 Å². The highest BCUT2D eigenvalue weighted by Crippen LogP contribution is 2.32. The van der Waals surface area contributed by atoms with E-state index >= 15 is 0 Å². The van der Waals surface area contributed by atoms with E-state index in [9.17, 15) is 8.42 Å². The zero-order valence-corrected chi connectivity index (χ0v) is 13.5. The van der Waals surface area contributed by atoms with Crippen LogP contribution < -0.4 is 5.32 Å². The zero-order chi connectivity index (χ0) is 15.0. The van der Waals surface area contributed by atoms with E-state index in [0.29, 0.717) is 35.3 Å². The Morgan fingerprint density at radius 2 is 2.00 bits per heavy atom. The first-order chi connectivity index (χ1) is 9.98. The summed E-state index contributed by atoms with van der Waals surface area (Å²) in [5, 5.41) is 10.2. The summed E-state index contributed by atoms with van der Waals surface area (Å²) < 4.78 is 27.7. The Kier molecular flexibility index (Phi) is 4.07. The molecule has 2 heterocycles. The van der Waals surface area contributed by atoms with Crippen LogP contribution in [0.4, 0.5) is 0 Å². The van der Waals surface area contributed by atoms with Crippen molar-refractivity contribution in [1.82, 2.24) is 19.8 Å². The largest absolute Gasteiger partial charge is 0.313 e. The Bertz CT molecular complexity index is 581. The average molecular weight is 312 g/mol. The number of nitrogens with one attached hydrogen (secondary N) is 2. The minimum Gasteiger partial charge on any atom is -0.313 e. The third-order valence-corrected chi connectivity index (χ3v) is 6.50. The lowest BCUT2D eigenvalue weighted by Gasteiger charge is -2.25. The van der Waals surface area contributed by atoms with Gasteiger partial charge >= 0.3 is 0 Å². The fourth-order valence-electron chi connectivity index (χ4n) is 3.07. The molecule has 1 unspecified atom stereocenters. The van der Waals surface area contributed by atoms with E-state index in [1.54, 1.807) is 18.2 Å². The molecular weight excluding hydrogens is 288 g/mol. The third kappa shape index (κ3) is 3.14. The molecular formula is C14H24N4O2S. The van der Waals surface area contributed by atoms with Gasteiger partial charge in [0, 0.05) is 19.1 Å². The van der Waals surface area contributed by atoms with Gasteiger partial charge in [0.05, 0.1) is 11.4 Å². The summed E-state index contributed by atoms with van der Waals surface area (Å²) in [5.41, 5.74) is 1.19. The molecule has 1 aromatic rings. The number of aryl methyl sites for hydroxylation is 2.